The van der Waals surface area contributed by atoms with E-state index in [0.717, 1.165) is 16.5 Å². The number of aromatic nitrogens is 2. The Bertz CT molecular complexity index is 579. The molecular weight excluding hydrogens is 308 g/mol. The van der Waals surface area contributed by atoms with Gasteiger partial charge in [-0.05, 0) is 41.9 Å². The van der Waals surface area contributed by atoms with Crippen LogP contribution in [0.15, 0.2) is 35.2 Å². The molecule has 0 saturated carbocycles. The minimum atomic E-state index is 0.325. The number of carbonyl (C=O) groups excluding carboxylic acids is 1. The van der Waals surface area contributed by atoms with Crippen LogP contribution in [-0.2, 0) is 6.61 Å². The lowest BCUT2D eigenvalue weighted by atomic mass is 10.2. The molecule has 0 atom stereocenters. The fraction of sp³-hybridized carbons (Fsp3) is 0.286. The molecule has 0 saturated heterocycles. The molecule has 4 nitrogen and oxygen atoms in total. The van der Waals surface area contributed by atoms with Crippen LogP contribution >= 0.6 is 15.9 Å². The molecule has 2 rings (SSSR count). The van der Waals surface area contributed by atoms with Gasteiger partial charge in [0.1, 0.15) is 12.4 Å². The standard InChI is InChI=1S/C14H15BrN2O2/c1-10(2)17-9-16-6-12(17)8-19-14-11(7-18)4-3-5-13(14)15/h3-7,9-10H,8H2,1-2H3. The van der Waals surface area contributed by atoms with Crippen LogP contribution in [0.1, 0.15) is 35.9 Å². The Labute approximate surface area is 120 Å². The summed E-state index contributed by atoms with van der Waals surface area (Å²) in [5, 5.41) is 0. The molecule has 0 amide bonds. The highest BCUT2D eigenvalue weighted by molar-refractivity contribution is 9.10. The number of hydrogen-bond acceptors (Lipinski definition) is 3. The van der Waals surface area contributed by atoms with Crippen molar-refractivity contribution in [3.05, 3.63) is 46.5 Å². The SMILES string of the molecule is CC(C)n1cncc1COc1c(Br)cccc1C=O. The Morgan fingerprint density at radius 2 is 2.26 bits per heavy atom. The summed E-state index contributed by atoms with van der Waals surface area (Å²) in [7, 11) is 0. The van der Waals surface area contributed by atoms with E-state index < -0.39 is 0 Å². The first-order chi connectivity index (χ1) is 9.13. The number of ether oxygens (including phenoxy) is 1. The minimum Gasteiger partial charge on any atom is -0.485 e. The van der Waals surface area contributed by atoms with Gasteiger partial charge >= 0.3 is 0 Å². The first kappa shape index (κ1) is 13.8. The average molecular weight is 323 g/mol. The number of para-hydroxylation sites is 1. The maximum absolute atomic E-state index is 11.0. The quantitative estimate of drug-likeness (QED) is 0.790. The molecule has 0 fully saturated rings. The second-order valence-electron chi connectivity index (χ2n) is 4.45. The number of carbonyl (C=O) groups is 1. The van der Waals surface area contributed by atoms with Crippen molar-refractivity contribution >= 4 is 22.2 Å². The maximum atomic E-state index is 11.0. The van der Waals surface area contributed by atoms with E-state index in [1.165, 1.54) is 0 Å². The summed E-state index contributed by atoms with van der Waals surface area (Å²) in [5.74, 6) is 0.564. The van der Waals surface area contributed by atoms with Gasteiger partial charge in [0.25, 0.3) is 0 Å². The van der Waals surface area contributed by atoms with E-state index in [9.17, 15) is 4.79 Å². The molecule has 0 radical (unpaired) electrons. The smallest absolute Gasteiger partial charge is 0.153 e. The summed E-state index contributed by atoms with van der Waals surface area (Å²) in [6.07, 6.45) is 4.35. The van der Waals surface area contributed by atoms with Gasteiger partial charge in [-0.3, -0.25) is 4.79 Å². The molecule has 5 heteroatoms. The van der Waals surface area contributed by atoms with E-state index in [1.807, 2.05) is 10.6 Å². The summed E-state index contributed by atoms with van der Waals surface area (Å²) >= 11 is 3.39. The Balaban J connectivity index is 2.19. The highest BCUT2D eigenvalue weighted by Gasteiger charge is 2.10. The van der Waals surface area contributed by atoms with Gasteiger partial charge in [-0.2, -0.15) is 0 Å². The van der Waals surface area contributed by atoms with Crippen LogP contribution in [0.3, 0.4) is 0 Å². The monoisotopic (exact) mass is 322 g/mol. The fourth-order valence-electron chi connectivity index (χ4n) is 1.83. The zero-order valence-electron chi connectivity index (χ0n) is 10.8. The molecule has 100 valence electrons. The van der Waals surface area contributed by atoms with Gasteiger partial charge in [0.2, 0.25) is 0 Å². The number of nitrogens with zero attached hydrogens (tertiary/aromatic N) is 2. The van der Waals surface area contributed by atoms with Gasteiger partial charge < -0.3 is 9.30 Å². The Morgan fingerprint density at radius 3 is 2.95 bits per heavy atom. The Hall–Kier alpha value is -1.62. The second kappa shape index (κ2) is 6.02. The van der Waals surface area contributed by atoms with Crippen molar-refractivity contribution in [2.75, 3.05) is 0 Å². The van der Waals surface area contributed by atoms with Crippen LogP contribution in [0.25, 0.3) is 0 Å². The molecule has 0 aliphatic carbocycles. The van der Waals surface area contributed by atoms with E-state index in [0.29, 0.717) is 24.0 Å². The van der Waals surface area contributed by atoms with E-state index in [2.05, 4.69) is 34.8 Å². The highest BCUT2D eigenvalue weighted by atomic mass is 79.9. The summed E-state index contributed by atoms with van der Waals surface area (Å²) in [4.78, 5) is 15.1. The number of hydrogen-bond donors (Lipinski definition) is 0. The number of imidazole rings is 1. The third-order valence-corrected chi connectivity index (χ3v) is 3.42. The molecule has 0 unspecified atom stereocenters. The molecule has 0 aliphatic rings. The lowest BCUT2D eigenvalue weighted by molar-refractivity contribution is 0.111. The van der Waals surface area contributed by atoms with Crippen molar-refractivity contribution in [3.63, 3.8) is 0 Å². The van der Waals surface area contributed by atoms with Crippen molar-refractivity contribution in [1.29, 1.82) is 0 Å². The lowest BCUT2D eigenvalue weighted by Crippen LogP contribution is -2.08. The zero-order chi connectivity index (χ0) is 13.8. The third kappa shape index (κ3) is 3.04. The van der Waals surface area contributed by atoms with Crippen molar-refractivity contribution in [2.24, 2.45) is 0 Å². The fourth-order valence-corrected chi connectivity index (χ4v) is 2.32. The van der Waals surface area contributed by atoms with E-state index in [-0.39, 0.29) is 0 Å². The first-order valence-corrected chi connectivity index (χ1v) is 6.80. The maximum Gasteiger partial charge on any atom is 0.153 e. The van der Waals surface area contributed by atoms with Gasteiger partial charge in [-0.25, -0.2) is 4.98 Å². The van der Waals surface area contributed by atoms with Crippen LogP contribution in [-0.4, -0.2) is 15.8 Å². The van der Waals surface area contributed by atoms with Gasteiger partial charge in [-0.15, -0.1) is 0 Å². The highest BCUT2D eigenvalue weighted by Crippen LogP contribution is 2.28. The summed E-state index contributed by atoms with van der Waals surface area (Å²) in [6.45, 7) is 4.54. The van der Waals surface area contributed by atoms with E-state index in [4.69, 9.17) is 4.74 Å². The van der Waals surface area contributed by atoms with Gasteiger partial charge in [-0.1, -0.05) is 6.07 Å². The van der Waals surface area contributed by atoms with Crippen molar-refractivity contribution in [2.45, 2.75) is 26.5 Å². The molecular formula is C14H15BrN2O2. The van der Waals surface area contributed by atoms with Gasteiger partial charge in [0.15, 0.2) is 6.29 Å². The normalized spacial score (nSPS) is 10.7. The summed E-state index contributed by atoms with van der Waals surface area (Å²) in [5.41, 5.74) is 1.51. The molecule has 19 heavy (non-hydrogen) atoms. The summed E-state index contributed by atoms with van der Waals surface area (Å²) in [6, 6.07) is 5.71. The van der Waals surface area contributed by atoms with Crippen LogP contribution in [0, 0.1) is 0 Å². The topological polar surface area (TPSA) is 44.1 Å². The third-order valence-electron chi connectivity index (χ3n) is 2.79. The summed E-state index contributed by atoms with van der Waals surface area (Å²) < 4.78 is 8.57. The zero-order valence-corrected chi connectivity index (χ0v) is 12.4. The van der Waals surface area contributed by atoms with E-state index in [1.54, 1.807) is 24.7 Å². The van der Waals surface area contributed by atoms with Crippen LogP contribution in [0.4, 0.5) is 0 Å². The molecule has 2 aromatic rings. The number of rotatable bonds is 5. The predicted octanol–water partition coefficient (Wildman–Crippen LogP) is 3.62. The average Bonchev–Trinajstić information content (AvgIpc) is 2.85. The second-order valence-corrected chi connectivity index (χ2v) is 5.31. The Morgan fingerprint density at radius 1 is 1.47 bits per heavy atom. The van der Waals surface area contributed by atoms with Crippen LogP contribution in [0.5, 0.6) is 5.75 Å². The van der Waals surface area contributed by atoms with Crippen molar-refractivity contribution < 1.29 is 9.53 Å². The first-order valence-electron chi connectivity index (χ1n) is 6.00. The predicted molar refractivity (Wildman–Crippen MR) is 76.5 cm³/mol. The molecule has 1 aromatic heterocycles. The minimum absolute atomic E-state index is 0.325. The number of benzene rings is 1. The largest absolute Gasteiger partial charge is 0.485 e. The molecule has 0 spiro atoms. The molecule has 1 aromatic carbocycles. The lowest BCUT2D eigenvalue weighted by Gasteiger charge is -2.14. The molecule has 0 bridgehead atoms. The van der Waals surface area contributed by atoms with Crippen LogP contribution in [0.2, 0.25) is 0 Å². The molecule has 0 N–H and O–H groups in total. The number of aldehydes is 1. The van der Waals surface area contributed by atoms with Crippen molar-refractivity contribution in [1.82, 2.24) is 9.55 Å². The Kier molecular flexibility index (Phi) is 4.37. The van der Waals surface area contributed by atoms with Gasteiger partial charge in [0.05, 0.1) is 28.3 Å². The number of halogens is 1. The molecule has 1 heterocycles. The van der Waals surface area contributed by atoms with E-state index >= 15 is 0 Å². The molecule has 0 aliphatic heterocycles. The van der Waals surface area contributed by atoms with Crippen molar-refractivity contribution in [3.8, 4) is 5.75 Å². The van der Waals surface area contributed by atoms with Crippen LogP contribution < -0.4 is 4.74 Å². The van der Waals surface area contributed by atoms with Gasteiger partial charge in [0, 0.05) is 6.04 Å².